The lowest BCUT2D eigenvalue weighted by Crippen LogP contribution is -2.32. The van der Waals surface area contributed by atoms with Crippen LogP contribution in [0.25, 0.3) is 11.0 Å². The summed E-state index contributed by atoms with van der Waals surface area (Å²) in [5.41, 5.74) is 3.04. The fraction of sp³-hybridized carbons (Fsp3) is 0.105. The van der Waals surface area contributed by atoms with E-state index in [0.29, 0.717) is 10.6 Å². The van der Waals surface area contributed by atoms with E-state index >= 15 is 0 Å². The van der Waals surface area contributed by atoms with Gasteiger partial charge in [-0.05, 0) is 55.3 Å². The van der Waals surface area contributed by atoms with E-state index in [0.717, 1.165) is 16.5 Å². The summed E-state index contributed by atoms with van der Waals surface area (Å²) in [4.78, 5) is 41.8. The van der Waals surface area contributed by atoms with Gasteiger partial charge in [-0.15, -0.1) is 0 Å². The first-order valence-electron chi connectivity index (χ1n) is 7.66. The van der Waals surface area contributed by atoms with Crippen molar-refractivity contribution in [3.05, 3.63) is 70.5 Å². The molecule has 1 aromatic heterocycles. The van der Waals surface area contributed by atoms with Crippen molar-refractivity contribution in [2.24, 2.45) is 0 Å². The highest BCUT2D eigenvalue weighted by Gasteiger charge is 2.39. The first kappa shape index (κ1) is 15.1. The van der Waals surface area contributed by atoms with E-state index in [-0.39, 0.29) is 16.9 Å². The Morgan fingerprint density at radius 3 is 2.20 bits per heavy atom. The molecule has 0 bridgehead atoms. The number of hydroxylamine groups is 2. The highest BCUT2D eigenvalue weighted by atomic mass is 16.7. The maximum absolute atomic E-state index is 12.3. The molecule has 124 valence electrons. The van der Waals surface area contributed by atoms with Crippen LogP contribution in [0.15, 0.2) is 46.9 Å². The van der Waals surface area contributed by atoms with Crippen LogP contribution in [0.1, 0.15) is 42.4 Å². The molecule has 0 spiro atoms. The number of carbonyl (C=O) groups is 3. The maximum atomic E-state index is 12.3. The standard InChI is InChI=1S/C19H13NO5/c1-10-7-12-9-16(24-15(12)8-11(10)2)19(23)25-20-17(21)13-5-3-4-6-14(13)18(20)22/h3-9H,1-2H3. The van der Waals surface area contributed by atoms with Gasteiger partial charge in [-0.3, -0.25) is 9.59 Å². The first-order chi connectivity index (χ1) is 12.0. The number of benzene rings is 2. The van der Waals surface area contributed by atoms with Gasteiger partial charge in [0.2, 0.25) is 5.76 Å². The van der Waals surface area contributed by atoms with Crippen molar-refractivity contribution >= 4 is 28.8 Å². The van der Waals surface area contributed by atoms with E-state index < -0.39 is 17.8 Å². The van der Waals surface area contributed by atoms with Crippen molar-refractivity contribution in [2.45, 2.75) is 13.8 Å². The highest BCUT2D eigenvalue weighted by Crippen LogP contribution is 2.26. The molecule has 0 atom stereocenters. The van der Waals surface area contributed by atoms with Crippen molar-refractivity contribution in [2.75, 3.05) is 0 Å². The molecule has 0 aliphatic carbocycles. The number of amides is 2. The molecule has 2 amide bonds. The topological polar surface area (TPSA) is 76.8 Å². The molecule has 3 aromatic rings. The number of fused-ring (bicyclic) bond motifs is 2. The molecule has 1 aliphatic heterocycles. The van der Waals surface area contributed by atoms with Crippen molar-refractivity contribution in [1.29, 1.82) is 0 Å². The lowest BCUT2D eigenvalue weighted by Gasteiger charge is -2.11. The minimum atomic E-state index is -0.902. The number of furan rings is 1. The third-order valence-corrected chi connectivity index (χ3v) is 4.26. The summed E-state index contributed by atoms with van der Waals surface area (Å²) < 4.78 is 5.50. The minimum Gasteiger partial charge on any atom is -0.449 e. The summed E-state index contributed by atoms with van der Waals surface area (Å²) in [6, 6.07) is 11.5. The van der Waals surface area contributed by atoms with Gasteiger partial charge in [0.1, 0.15) is 5.58 Å². The van der Waals surface area contributed by atoms with E-state index in [9.17, 15) is 14.4 Å². The monoisotopic (exact) mass is 335 g/mol. The van der Waals surface area contributed by atoms with Gasteiger partial charge in [0.15, 0.2) is 0 Å². The second-order valence-corrected chi connectivity index (χ2v) is 5.91. The van der Waals surface area contributed by atoms with Crippen molar-refractivity contribution in [1.82, 2.24) is 5.06 Å². The molecule has 0 radical (unpaired) electrons. The SMILES string of the molecule is Cc1cc2cc(C(=O)ON3C(=O)c4ccccc4C3=O)oc2cc1C. The van der Waals surface area contributed by atoms with Gasteiger partial charge in [-0.2, -0.15) is 0 Å². The van der Waals surface area contributed by atoms with Crippen LogP contribution >= 0.6 is 0 Å². The largest absolute Gasteiger partial charge is 0.449 e. The van der Waals surface area contributed by atoms with Gasteiger partial charge < -0.3 is 9.25 Å². The molecule has 0 N–H and O–H groups in total. The van der Waals surface area contributed by atoms with Crippen molar-refractivity contribution in [3.63, 3.8) is 0 Å². The van der Waals surface area contributed by atoms with Crippen LogP contribution in [0.3, 0.4) is 0 Å². The Hall–Kier alpha value is -3.41. The molecular formula is C19H13NO5. The lowest BCUT2D eigenvalue weighted by molar-refractivity contribution is -0.0602. The van der Waals surface area contributed by atoms with Crippen LogP contribution in [-0.2, 0) is 4.84 Å². The zero-order valence-corrected chi connectivity index (χ0v) is 13.5. The van der Waals surface area contributed by atoms with E-state index in [1.54, 1.807) is 12.1 Å². The highest BCUT2D eigenvalue weighted by molar-refractivity contribution is 6.21. The predicted octanol–water partition coefficient (Wildman–Crippen LogP) is 3.42. The third kappa shape index (κ3) is 2.30. The molecular weight excluding hydrogens is 322 g/mol. The third-order valence-electron chi connectivity index (χ3n) is 4.26. The fourth-order valence-corrected chi connectivity index (χ4v) is 2.78. The summed E-state index contributed by atoms with van der Waals surface area (Å²) in [6.07, 6.45) is 0. The molecule has 2 heterocycles. The average Bonchev–Trinajstić information content (AvgIpc) is 3.10. The average molecular weight is 335 g/mol. The van der Waals surface area contributed by atoms with Crippen molar-refractivity contribution < 1.29 is 23.6 Å². The molecule has 6 heteroatoms. The van der Waals surface area contributed by atoms with Gasteiger partial charge in [-0.25, -0.2) is 4.79 Å². The van der Waals surface area contributed by atoms with Gasteiger partial charge in [0.05, 0.1) is 11.1 Å². The normalized spacial score (nSPS) is 13.4. The molecule has 0 unspecified atom stereocenters. The Kier molecular flexibility index (Phi) is 3.21. The van der Waals surface area contributed by atoms with Crippen LogP contribution in [0, 0.1) is 13.8 Å². The molecule has 1 aliphatic rings. The van der Waals surface area contributed by atoms with E-state index in [4.69, 9.17) is 9.25 Å². The predicted molar refractivity (Wildman–Crippen MR) is 88.0 cm³/mol. The second kappa shape index (κ2) is 5.31. The quantitative estimate of drug-likeness (QED) is 0.671. The van der Waals surface area contributed by atoms with Crippen LogP contribution in [-0.4, -0.2) is 22.8 Å². The summed E-state index contributed by atoms with van der Waals surface area (Å²) in [7, 11) is 0. The van der Waals surface area contributed by atoms with Crippen LogP contribution in [0.5, 0.6) is 0 Å². The molecule has 25 heavy (non-hydrogen) atoms. The molecule has 0 saturated heterocycles. The summed E-state index contributed by atoms with van der Waals surface area (Å²) >= 11 is 0. The summed E-state index contributed by atoms with van der Waals surface area (Å²) in [5.74, 6) is -2.31. The lowest BCUT2D eigenvalue weighted by atomic mass is 10.1. The number of hydrogen-bond acceptors (Lipinski definition) is 5. The maximum Gasteiger partial charge on any atom is 0.399 e. The van der Waals surface area contributed by atoms with Crippen molar-refractivity contribution in [3.8, 4) is 0 Å². The second-order valence-electron chi connectivity index (χ2n) is 5.91. The molecule has 0 saturated carbocycles. The molecule has 2 aromatic carbocycles. The molecule has 0 fully saturated rings. The zero-order chi connectivity index (χ0) is 17.7. The Morgan fingerprint density at radius 1 is 0.960 bits per heavy atom. The van der Waals surface area contributed by atoms with E-state index in [2.05, 4.69) is 0 Å². The fourth-order valence-electron chi connectivity index (χ4n) is 2.78. The number of aryl methyl sites for hydroxylation is 2. The Balaban J connectivity index is 1.63. The van der Waals surface area contributed by atoms with Gasteiger partial charge in [0, 0.05) is 5.39 Å². The number of carbonyl (C=O) groups excluding carboxylic acids is 3. The smallest absolute Gasteiger partial charge is 0.399 e. The minimum absolute atomic E-state index is 0.0726. The Morgan fingerprint density at radius 2 is 1.56 bits per heavy atom. The van der Waals surface area contributed by atoms with E-state index in [1.807, 2.05) is 26.0 Å². The number of rotatable bonds is 2. The summed E-state index contributed by atoms with van der Waals surface area (Å²) in [6.45, 7) is 3.90. The van der Waals surface area contributed by atoms with Gasteiger partial charge in [-0.1, -0.05) is 17.2 Å². The van der Waals surface area contributed by atoms with E-state index in [1.165, 1.54) is 18.2 Å². The van der Waals surface area contributed by atoms with Crippen LogP contribution in [0.2, 0.25) is 0 Å². The Bertz CT molecular complexity index is 989. The number of imide groups is 1. The molecule has 4 rings (SSSR count). The number of hydrogen-bond donors (Lipinski definition) is 0. The van der Waals surface area contributed by atoms with Gasteiger partial charge in [0.25, 0.3) is 11.8 Å². The summed E-state index contributed by atoms with van der Waals surface area (Å²) in [5, 5.41) is 1.22. The van der Waals surface area contributed by atoms with Crippen LogP contribution in [0.4, 0.5) is 0 Å². The first-order valence-corrected chi connectivity index (χ1v) is 7.66. The van der Waals surface area contributed by atoms with Crippen LogP contribution < -0.4 is 0 Å². The number of nitrogens with zero attached hydrogens (tertiary/aromatic N) is 1. The van der Waals surface area contributed by atoms with Gasteiger partial charge >= 0.3 is 5.97 Å². The molecule has 6 nitrogen and oxygen atoms in total. The Labute approximate surface area is 142 Å². The zero-order valence-electron chi connectivity index (χ0n) is 13.5.